The van der Waals surface area contributed by atoms with E-state index in [2.05, 4.69) is 17.4 Å². The second-order valence-electron chi connectivity index (χ2n) is 3.98. The highest BCUT2D eigenvalue weighted by Crippen LogP contribution is 2.08. The number of rotatable bonds is 7. The standard InChI is InChI=1S/C11H19N3O2/c1-9(4-6-12)2-3-11(15)13-8-10-5-7-14-16-10/h5,7,9H,2-4,6,8,12H2,1H3,(H,13,15). The van der Waals surface area contributed by atoms with Gasteiger partial charge in [-0.05, 0) is 25.3 Å². The quantitative estimate of drug-likeness (QED) is 0.727. The van der Waals surface area contributed by atoms with E-state index in [0.29, 0.717) is 31.2 Å². The van der Waals surface area contributed by atoms with Crippen LogP contribution in [0.25, 0.3) is 0 Å². The van der Waals surface area contributed by atoms with Crippen LogP contribution in [0.1, 0.15) is 31.9 Å². The zero-order valence-electron chi connectivity index (χ0n) is 9.61. The smallest absolute Gasteiger partial charge is 0.220 e. The van der Waals surface area contributed by atoms with Gasteiger partial charge >= 0.3 is 0 Å². The number of aromatic nitrogens is 1. The van der Waals surface area contributed by atoms with E-state index < -0.39 is 0 Å². The van der Waals surface area contributed by atoms with E-state index in [1.54, 1.807) is 12.3 Å². The van der Waals surface area contributed by atoms with E-state index in [4.69, 9.17) is 10.3 Å². The molecule has 1 amide bonds. The number of nitrogens with two attached hydrogens (primary N) is 1. The normalized spacial score (nSPS) is 12.4. The first-order valence-electron chi connectivity index (χ1n) is 5.58. The Morgan fingerprint density at radius 1 is 1.62 bits per heavy atom. The van der Waals surface area contributed by atoms with Crippen molar-refractivity contribution >= 4 is 5.91 Å². The van der Waals surface area contributed by atoms with Gasteiger partial charge in [0.2, 0.25) is 5.91 Å². The molecule has 0 aliphatic carbocycles. The average molecular weight is 225 g/mol. The van der Waals surface area contributed by atoms with E-state index in [9.17, 15) is 4.79 Å². The number of carbonyl (C=O) groups is 1. The third-order valence-corrected chi connectivity index (χ3v) is 2.47. The number of amides is 1. The number of nitrogens with zero attached hydrogens (tertiary/aromatic N) is 1. The van der Waals surface area contributed by atoms with Crippen molar-refractivity contribution in [1.82, 2.24) is 10.5 Å². The summed E-state index contributed by atoms with van der Waals surface area (Å²) in [6, 6.07) is 1.73. The molecule has 90 valence electrons. The molecule has 1 atom stereocenters. The summed E-state index contributed by atoms with van der Waals surface area (Å²) >= 11 is 0. The predicted molar refractivity (Wildman–Crippen MR) is 60.4 cm³/mol. The Labute approximate surface area is 95.4 Å². The van der Waals surface area contributed by atoms with Crippen LogP contribution < -0.4 is 11.1 Å². The van der Waals surface area contributed by atoms with Crippen molar-refractivity contribution < 1.29 is 9.32 Å². The Balaban J connectivity index is 2.11. The minimum atomic E-state index is 0.0419. The number of nitrogens with one attached hydrogen (secondary N) is 1. The lowest BCUT2D eigenvalue weighted by Crippen LogP contribution is -2.23. The van der Waals surface area contributed by atoms with E-state index in [1.807, 2.05) is 0 Å². The average Bonchev–Trinajstić information content (AvgIpc) is 2.77. The van der Waals surface area contributed by atoms with E-state index in [0.717, 1.165) is 12.8 Å². The van der Waals surface area contributed by atoms with Gasteiger partial charge in [-0.1, -0.05) is 12.1 Å². The topological polar surface area (TPSA) is 81.2 Å². The number of carbonyl (C=O) groups excluding carboxylic acids is 1. The van der Waals surface area contributed by atoms with Gasteiger partial charge in [-0.15, -0.1) is 0 Å². The molecule has 0 radical (unpaired) electrons. The molecule has 0 spiro atoms. The Hall–Kier alpha value is -1.36. The van der Waals surface area contributed by atoms with Crippen LogP contribution in [0.3, 0.4) is 0 Å². The third kappa shape index (κ3) is 4.93. The van der Waals surface area contributed by atoms with Crippen molar-refractivity contribution in [2.75, 3.05) is 6.54 Å². The van der Waals surface area contributed by atoms with Gasteiger partial charge in [0.05, 0.1) is 12.7 Å². The lowest BCUT2D eigenvalue weighted by Gasteiger charge is -2.09. The van der Waals surface area contributed by atoms with Crippen LogP contribution in [0.2, 0.25) is 0 Å². The van der Waals surface area contributed by atoms with Crippen LogP contribution in [0, 0.1) is 5.92 Å². The molecule has 0 saturated carbocycles. The van der Waals surface area contributed by atoms with Gasteiger partial charge in [0, 0.05) is 12.5 Å². The second kappa shape index (κ2) is 7.00. The monoisotopic (exact) mass is 225 g/mol. The molecule has 1 rings (SSSR count). The fourth-order valence-corrected chi connectivity index (χ4v) is 1.41. The van der Waals surface area contributed by atoms with Crippen LogP contribution in [0.15, 0.2) is 16.8 Å². The molecular weight excluding hydrogens is 206 g/mol. The van der Waals surface area contributed by atoms with Crippen LogP contribution in [-0.2, 0) is 11.3 Å². The molecule has 0 aliphatic heterocycles. The Morgan fingerprint density at radius 2 is 2.44 bits per heavy atom. The summed E-state index contributed by atoms with van der Waals surface area (Å²) in [5.74, 6) is 1.21. The van der Waals surface area contributed by atoms with Crippen molar-refractivity contribution in [3.63, 3.8) is 0 Å². The predicted octanol–water partition coefficient (Wildman–Crippen LogP) is 1.06. The molecule has 1 heterocycles. The lowest BCUT2D eigenvalue weighted by molar-refractivity contribution is -0.121. The Kier molecular flexibility index (Phi) is 5.56. The number of hydrogen-bond acceptors (Lipinski definition) is 4. The highest BCUT2D eigenvalue weighted by molar-refractivity contribution is 5.75. The van der Waals surface area contributed by atoms with Crippen molar-refractivity contribution in [2.45, 2.75) is 32.7 Å². The molecule has 1 aromatic rings. The highest BCUT2D eigenvalue weighted by Gasteiger charge is 2.06. The molecule has 1 unspecified atom stereocenters. The Morgan fingerprint density at radius 3 is 3.06 bits per heavy atom. The largest absolute Gasteiger partial charge is 0.360 e. The van der Waals surface area contributed by atoms with Crippen molar-refractivity contribution in [2.24, 2.45) is 11.7 Å². The molecule has 3 N–H and O–H groups in total. The van der Waals surface area contributed by atoms with Gasteiger partial charge < -0.3 is 15.6 Å². The first-order chi connectivity index (χ1) is 7.72. The zero-order chi connectivity index (χ0) is 11.8. The summed E-state index contributed by atoms with van der Waals surface area (Å²) in [4.78, 5) is 11.4. The fraction of sp³-hybridized carbons (Fsp3) is 0.636. The van der Waals surface area contributed by atoms with Gasteiger partial charge in [0.1, 0.15) is 0 Å². The maximum atomic E-state index is 11.4. The van der Waals surface area contributed by atoms with Gasteiger partial charge in [-0.25, -0.2) is 0 Å². The zero-order valence-corrected chi connectivity index (χ0v) is 9.61. The third-order valence-electron chi connectivity index (χ3n) is 2.47. The molecule has 0 saturated heterocycles. The van der Waals surface area contributed by atoms with Gasteiger partial charge in [-0.2, -0.15) is 0 Å². The van der Waals surface area contributed by atoms with Gasteiger partial charge in [0.15, 0.2) is 5.76 Å². The molecule has 1 aromatic heterocycles. The van der Waals surface area contributed by atoms with Gasteiger partial charge in [0.25, 0.3) is 0 Å². The molecule has 5 nitrogen and oxygen atoms in total. The lowest BCUT2D eigenvalue weighted by atomic mass is 10.0. The SMILES string of the molecule is CC(CCN)CCC(=O)NCc1ccno1. The molecule has 0 bridgehead atoms. The summed E-state index contributed by atoms with van der Waals surface area (Å²) in [6.07, 6.45) is 3.94. The van der Waals surface area contributed by atoms with Gasteiger partial charge in [-0.3, -0.25) is 4.79 Å². The summed E-state index contributed by atoms with van der Waals surface area (Å²) in [5, 5.41) is 6.34. The second-order valence-corrected chi connectivity index (χ2v) is 3.98. The molecular formula is C11H19N3O2. The van der Waals surface area contributed by atoms with Crippen LogP contribution >= 0.6 is 0 Å². The highest BCUT2D eigenvalue weighted by atomic mass is 16.5. The van der Waals surface area contributed by atoms with Crippen LogP contribution in [0.5, 0.6) is 0 Å². The number of hydrogen-bond donors (Lipinski definition) is 2. The molecule has 0 aliphatic rings. The summed E-state index contributed by atoms with van der Waals surface area (Å²) in [7, 11) is 0. The fourth-order valence-electron chi connectivity index (χ4n) is 1.41. The minimum Gasteiger partial charge on any atom is -0.360 e. The van der Waals surface area contributed by atoms with E-state index in [-0.39, 0.29) is 5.91 Å². The molecule has 0 fully saturated rings. The van der Waals surface area contributed by atoms with Crippen molar-refractivity contribution in [1.29, 1.82) is 0 Å². The molecule has 16 heavy (non-hydrogen) atoms. The summed E-state index contributed by atoms with van der Waals surface area (Å²) < 4.78 is 4.87. The van der Waals surface area contributed by atoms with E-state index in [1.165, 1.54) is 0 Å². The van der Waals surface area contributed by atoms with Crippen molar-refractivity contribution in [3.05, 3.63) is 18.0 Å². The summed E-state index contributed by atoms with van der Waals surface area (Å²) in [6.45, 7) is 3.20. The minimum absolute atomic E-state index is 0.0419. The first kappa shape index (κ1) is 12.7. The van der Waals surface area contributed by atoms with E-state index >= 15 is 0 Å². The molecule has 5 heteroatoms. The molecule has 0 aromatic carbocycles. The van der Waals surface area contributed by atoms with Crippen molar-refractivity contribution in [3.8, 4) is 0 Å². The Bertz CT molecular complexity index is 298. The maximum absolute atomic E-state index is 11.4. The maximum Gasteiger partial charge on any atom is 0.220 e. The first-order valence-corrected chi connectivity index (χ1v) is 5.58. The van der Waals surface area contributed by atoms with Crippen LogP contribution in [-0.4, -0.2) is 17.6 Å². The summed E-state index contributed by atoms with van der Waals surface area (Å²) in [5.41, 5.74) is 5.44. The van der Waals surface area contributed by atoms with Crippen LogP contribution in [0.4, 0.5) is 0 Å².